The summed E-state index contributed by atoms with van der Waals surface area (Å²) < 4.78 is 2.01. The van der Waals surface area contributed by atoms with Crippen molar-refractivity contribution in [3.63, 3.8) is 0 Å². The number of nitrogens with zero attached hydrogens (tertiary/aromatic N) is 7. The van der Waals surface area contributed by atoms with Crippen molar-refractivity contribution in [2.24, 2.45) is 0 Å². The van der Waals surface area contributed by atoms with Gasteiger partial charge in [0, 0.05) is 5.69 Å². The molecule has 3 heterocycles. The fourth-order valence-corrected chi connectivity index (χ4v) is 4.35. The SMILES string of the molecule is c1ccc(NN2C(n3nc4ccccc4n3)CCCC2n2nnc3ccccc32)cc1. The summed E-state index contributed by atoms with van der Waals surface area (Å²) >= 11 is 0. The summed E-state index contributed by atoms with van der Waals surface area (Å²) in [5, 5.41) is 20.7. The lowest BCUT2D eigenvalue weighted by molar-refractivity contribution is 0.00765. The summed E-state index contributed by atoms with van der Waals surface area (Å²) in [4.78, 5) is 1.84. The van der Waals surface area contributed by atoms with Crippen LogP contribution in [0.25, 0.3) is 22.1 Å². The van der Waals surface area contributed by atoms with E-state index < -0.39 is 0 Å². The van der Waals surface area contributed by atoms with Crippen LogP contribution in [-0.4, -0.2) is 35.0 Å². The minimum atomic E-state index is -0.0608. The average molecular weight is 410 g/mol. The number of anilines is 1. The maximum Gasteiger partial charge on any atom is 0.143 e. The Hall–Kier alpha value is -3.78. The van der Waals surface area contributed by atoms with Crippen LogP contribution in [0.4, 0.5) is 5.69 Å². The zero-order valence-electron chi connectivity index (χ0n) is 16.9. The van der Waals surface area contributed by atoms with Crippen LogP contribution in [0.15, 0.2) is 78.9 Å². The largest absolute Gasteiger partial charge is 0.315 e. The summed E-state index contributed by atoms with van der Waals surface area (Å²) in [5.41, 5.74) is 8.35. The fraction of sp³-hybridized carbons (Fsp3) is 0.217. The zero-order chi connectivity index (χ0) is 20.6. The predicted molar refractivity (Wildman–Crippen MR) is 119 cm³/mol. The zero-order valence-corrected chi connectivity index (χ0v) is 16.9. The van der Waals surface area contributed by atoms with Crippen LogP contribution in [0.5, 0.6) is 0 Å². The van der Waals surface area contributed by atoms with Gasteiger partial charge in [0.15, 0.2) is 0 Å². The molecule has 2 atom stereocenters. The van der Waals surface area contributed by atoms with Gasteiger partial charge in [-0.25, -0.2) is 4.68 Å². The van der Waals surface area contributed by atoms with Crippen molar-refractivity contribution in [3.05, 3.63) is 78.9 Å². The number of hydrazine groups is 1. The molecular formula is C23H22N8. The van der Waals surface area contributed by atoms with E-state index in [4.69, 9.17) is 10.2 Å². The Bertz CT molecular complexity index is 1290. The Morgan fingerprint density at radius 1 is 0.710 bits per heavy atom. The second-order valence-electron chi connectivity index (χ2n) is 7.81. The van der Waals surface area contributed by atoms with E-state index in [1.54, 1.807) is 0 Å². The number of aromatic nitrogens is 6. The first-order valence-corrected chi connectivity index (χ1v) is 10.6. The molecule has 1 saturated heterocycles. The van der Waals surface area contributed by atoms with Gasteiger partial charge in [0.1, 0.15) is 28.9 Å². The molecular weight excluding hydrogens is 388 g/mol. The monoisotopic (exact) mass is 410 g/mol. The van der Waals surface area contributed by atoms with Crippen molar-refractivity contribution < 1.29 is 0 Å². The summed E-state index contributed by atoms with van der Waals surface area (Å²) in [6, 6.07) is 26.3. The quantitative estimate of drug-likeness (QED) is 0.474. The van der Waals surface area contributed by atoms with E-state index in [1.165, 1.54) is 0 Å². The number of hydrogen-bond acceptors (Lipinski definition) is 6. The number of hydrogen-bond donors (Lipinski definition) is 1. The second-order valence-corrected chi connectivity index (χ2v) is 7.81. The van der Waals surface area contributed by atoms with Gasteiger partial charge < -0.3 is 5.43 Å². The normalized spacial score (nSPS) is 19.7. The summed E-state index contributed by atoms with van der Waals surface area (Å²) in [6.45, 7) is 0. The first-order valence-electron chi connectivity index (χ1n) is 10.6. The second kappa shape index (κ2) is 7.48. The lowest BCUT2D eigenvalue weighted by Crippen LogP contribution is -2.46. The van der Waals surface area contributed by atoms with Gasteiger partial charge >= 0.3 is 0 Å². The third-order valence-electron chi connectivity index (χ3n) is 5.83. The highest BCUT2D eigenvalue weighted by Crippen LogP contribution is 2.37. The highest BCUT2D eigenvalue weighted by molar-refractivity contribution is 5.74. The molecule has 0 saturated carbocycles. The molecule has 1 N–H and O–H groups in total. The first-order chi connectivity index (χ1) is 15.4. The molecule has 8 heteroatoms. The van der Waals surface area contributed by atoms with Crippen molar-refractivity contribution in [2.75, 3.05) is 5.43 Å². The molecule has 2 unspecified atom stereocenters. The molecule has 3 aromatic carbocycles. The van der Waals surface area contributed by atoms with Crippen LogP contribution in [0.1, 0.15) is 31.6 Å². The van der Waals surface area contributed by atoms with E-state index in [-0.39, 0.29) is 12.3 Å². The Balaban J connectivity index is 1.45. The van der Waals surface area contributed by atoms with Crippen molar-refractivity contribution in [2.45, 2.75) is 31.6 Å². The first kappa shape index (κ1) is 18.0. The molecule has 31 heavy (non-hydrogen) atoms. The number of fused-ring (bicyclic) bond motifs is 2. The third-order valence-corrected chi connectivity index (χ3v) is 5.83. The van der Waals surface area contributed by atoms with E-state index >= 15 is 0 Å². The van der Waals surface area contributed by atoms with Crippen molar-refractivity contribution in [1.82, 2.24) is 35.0 Å². The van der Waals surface area contributed by atoms with Crippen molar-refractivity contribution in [1.29, 1.82) is 0 Å². The van der Waals surface area contributed by atoms with E-state index in [2.05, 4.69) is 38.9 Å². The highest BCUT2D eigenvalue weighted by Gasteiger charge is 2.36. The molecule has 1 fully saturated rings. The number of benzene rings is 3. The van der Waals surface area contributed by atoms with Crippen LogP contribution < -0.4 is 5.43 Å². The van der Waals surface area contributed by atoms with Gasteiger partial charge in [-0.3, -0.25) is 0 Å². The molecule has 154 valence electrons. The minimum absolute atomic E-state index is 0.0273. The molecule has 1 aliphatic rings. The van der Waals surface area contributed by atoms with Crippen LogP contribution in [0.3, 0.4) is 0 Å². The summed E-state index contributed by atoms with van der Waals surface area (Å²) in [5.74, 6) is 0. The van der Waals surface area contributed by atoms with Gasteiger partial charge in [-0.1, -0.05) is 47.7 Å². The number of nitrogens with one attached hydrogen (secondary N) is 1. The summed E-state index contributed by atoms with van der Waals surface area (Å²) in [6.07, 6.45) is 2.83. The number of rotatable bonds is 4. The molecule has 8 nitrogen and oxygen atoms in total. The predicted octanol–water partition coefficient (Wildman–Crippen LogP) is 4.39. The van der Waals surface area contributed by atoms with Crippen LogP contribution in [-0.2, 0) is 0 Å². The van der Waals surface area contributed by atoms with E-state index in [0.29, 0.717) is 0 Å². The Morgan fingerprint density at radius 2 is 1.35 bits per heavy atom. The van der Waals surface area contributed by atoms with Gasteiger partial charge in [0.05, 0.1) is 5.52 Å². The molecule has 0 amide bonds. The van der Waals surface area contributed by atoms with E-state index in [9.17, 15) is 0 Å². The maximum absolute atomic E-state index is 4.78. The number of para-hydroxylation sites is 2. The standard InChI is InChI=1S/C23H22N8/c1-2-9-17(10-3-1)25-30-22(29-21-14-7-6-13-20(21)24-28-29)15-8-16-23(30)31-26-18-11-4-5-12-19(18)27-31/h1-7,9-14,22-23,25H,8,15-16H2. The van der Waals surface area contributed by atoms with E-state index in [1.807, 2.05) is 70.1 Å². The van der Waals surface area contributed by atoms with Gasteiger partial charge in [-0.15, -0.1) is 5.10 Å². The van der Waals surface area contributed by atoms with Crippen LogP contribution >= 0.6 is 0 Å². The molecule has 6 rings (SSSR count). The van der Waals surface area contributed by atoms with Gasteiger partial charge in [-0.05, 0) is 55.7 Å². The smallest absolute Gasteiger partial charge is 0.143 e. The van der Waals surface area contributed by atoms with Crippen molar-refractivity contribution in [3.8, 4) is 0 Å². The maximum atomic E-state index is 4.78. The number of piperidine rings is 1. The van der Waals surface area contributed by atoms with Crippen LogP contribution in [0, 0.1) is 0 Å². The Labute approximate surface area is 179 Å². The minimum Gasteiger partial charge on any atom is -0.315 e. The lowest BCUT2D eigenvalue weighted by Gasteiger charge is -2.41. The molecule has 0 spiro atoms. The molecule has 2 aromatic heterocycles. The topological polar surface area (TPSA) is 76.7 Å². The molecule has 1 aliphatic heterocycles. The van der Waals surface area contributed by atoms with Gasteiger partial charge in [-0.2, -0.15) is 20.0 Å². The highest BCUT2D eigenvalue weighted by atomic mass is 15.7. The molecule has 0 radical (unpaired) electrons. The summed E-state index contributed by atoms with van der Waals surface area (Å²) in [7, 11) is 0. The van der Waals surface area contributed by atoms with Gasteiger partial charge in [0.2, 0.25) is 0 Å². The Morgan fingerprint density at radius 3 is 2.13 bits per heavy atom. The molecule has 0 aliphatic carbocycles. The average Bonchev–Trinajstić information content (AvgIpc) is 3.44. The third kappa shape index (κ3) is 3.21. The lowest BCUT2D eigenvalue weighted by atomic mass is 10.1. The van der Waals surface area contributed by atoms with Gasteiger partial charge in [0.25, 0.3) is 0 Å². The van der Waals surface area contributed by atoms with E-state index in [0.717, 1.165) is 47.0 Å². The molecule has 0 bridgehead atoms. The van der Waals surface area contributed by atoms with Crippen LogP contribution in [0.2, 0.25) is 0 Å². The fourth-order valence-electron chi connectivity index (χ4n) is 4.35. The Kier molecular flexibility index (Phi) is 4.35. The molecule has 5 aromatic rings. The van der Waals surface area contributed by atoms with Crippen molar-refractivity contribution >= 4 is 27.8 Å².